The lowest BCUT2D eigenvalue weighted by molar-refractivity contribution is -0.135. The second kappa shape index (κ2) is 6.27. The van der Waals surface area contributed by atoms with Crippen molar-refractivity contribution in [2.45, 2.75) is 44.2 Å². The topological polar surface area (TPSA) is 32.3 Å². The standard InChI is InChI=1S/C16H21BrN2O/c17-13-6-3-5-12(11-13)15-8-4-10-19(15)16(20)14-7-1-2-9-18-14/h3,5-6,11,14-15,18H,1-2,4,7-10H2/t14-,15?/m1/s1. The van der Waals surface area contributed by atoms with Gasteiger partial charge in [-0.2, -0.15) is 0 Å². The van der Waals surface area contributed by atoms with Gasteiger partial charge in [-0.25, -0.2) is 0 Å². The van der Waals surface area contributed by atoms with E-state index in [0.717, 1.165) is 36.8 Å². The highest BCUT2D eigenvalue weighted by Gasteiger charge is 2.34. The molecule has 108 valence electrons. The zero-order valence-electron chi connectivity index (χ0n) is 11.6. The van der Waals surface area contributed by atoms with Crippen molar-refractivity contribution >= 4 is 21.8 Å². The van der Waals surface area contributed by atoms with Gasteiger partial charge in [0.05, 0.1) is 12.1 Å². The third-order valence-electron chi connectivity index (χ3n) is 4.38. The molecule has 2 aliphatic rings. The van der Waals surface area contributed by atoms with Gasteiger partial charge in [0.1, 0.15) is 0 Å². The minimum Gasteiger partial charge on any atom is -0.334 e. The van der Waals surface area contributed by atoms with E-state index in [9.17, 15) is 4.79 Å². The summed E-state index contributed by atoms with van der Waals surface area (Å²) in [5, 5.41) is 3.38. The summed E-state index contributed by atoms with van der Waals surface area (Å²) < 4.78 is 1.09. The number of hydrogen-bond acceptors (Lipinski definition) is 2. The fourth-order valence-electron chi connectivity index (χ4n) is 3.35. The van der Waals surface area contributed by atoms with Crippen molar-refractivity contribution in [3.8, 4) is 0 Å². The predicted octanol–water partition coefficient (Wildman–Crippen LogP) is 3.25. The molecule has 20 heavy (non-hydrogen) atoms. The monoisotopic (exact) mass is 336 g/mol. The van der Waals surface area contributed by atoms with E-state index < -0.39 is 0 Å². The third kappa shape index (κ3) is 2.91. The van der Waals surface area contributed by atoms with E-state index in [4.69, 9.17) is 0 Å². The van der Waals surface area contributed by atoms with Crippen LogP contribution in [-0.4, -0.2) is 29.9 Å². The Morgan fingerprint density at radius 3 is 2.90 bits per heavy atom. The minimum atomic E-state index is 0.0384. The van der Waals surface area contributed by atoms with Gasteiger partial charge >= 0.3 is 0 Å². The second-order valence-electron chi connectivity index (χ2n) is 5.75. The average molecular weight is 337 g/mol. The molecule has 2 atom stereocenters. The van der Waals surface area contributed by atoms with Crippen LogP contribution in [0.1, 0.15) is 43.7 Å². The molecule has 1 N–H and O–H groups in total. The van der Waals surface area contributed by atoms with Gasteiger partial charge in [-0.3, -0.25) is 4.79 Å². The van der Waals surface area contributed by atoms with Crippen LogP contribution in [0, 0.1) is 0 Å². The Labute approximate surface area is 128 Å². The lowest BCUT2D eigenvalue weighted by Gasteiger charge is -2.31. The number of nitrogens with zero attached hydrogens (tertiary/aromatic N) is 1. The molecule has 0 radical (unpaired) electrons. The number of amides is 1. The van der Waals surface area contributed by atoms with Gasteiger partial charge in [0.2, 0.25) is 5.91 Å². The molecule has 0 saturated carbocycles. The number of carbonyl (C=O) groups is 1. The molecule has 0 spiro atoms. The molecule has 1 unspecified atom stereocenters. The maximum absolute atomic E-state index is 12.7. The van der Waals surface area contributed by atoms with Crippen molar-refractivity contribution in [2.75, 3.05) is 13.1 Å². The largest absolute Gasteiger partial charge is 0.334 e. The molecule has 0 aromatic heterocycles. The molecule has 0 aliphatic carbocycles. The van der Waals surface area contributed by atoms with Crippen LogP contribution in [0.3, 0.4) is 0 Å². The zero-order chi connectivity index (χ0) is 13.9. The summed E-state index contributed by atoms with van der Waals surface area (Å²) in [5.74, 6) is 0.298. The number of piperidine rings is 1. The Kier molecular flexibility index (Phi) is 4.41. The lowest BCUT2D eigenvalue weighted by atomic mass is 10.0. The first-order chi connectivity index (χ1) is 9.75. The highest BCUT2D eigenvalue weighted by molar-refractivity contribution is 9.10. The van der Waals surface area contributed by atoms with E-state index in [0.29, 0.717) is 5.91 Å². The summed E-state index contributed by atoms with van der Waals surface area (Å²) in [6.45, 7) is 1.87. The van der Waals surface area contributed by atoms with E-state index in [-0.39, 0.29) is 12.1 Å². The van der Waals surface area contributed by atoms with Crippen LogP contribution in [-0.2, 0) is 4.79 Å². The first-order valence-electron chi connectivity index (χ1n) is 7.55. The molecule has 2 saturated heterocycles. The van der Waals surface area contributed by atoms with Crippen LogP contribution in [0.2, 0.25) is 0 Å². The van der Waals surface area contributed by atoms with Crippen molar-refractivity contribution in [3.63, 3.8) is 0 Å². The van der Waals surface area contributed by atoms with Crippen LogP contribution in [0.15, 0.2) is 28.7 Å². The van der Waals surface area contributed by atoms with Crippen molar-refractivity contribution < 1.29 is 4.79 Å². The van der Waals surface area contributed by atoms with Crippen LogP contribution >= 0.6 is 15.9 Å². The number of halogens is 1. The average Bonchev–Trinajstić information content (AvgIpc) is 2.97. The summed E-state index contributed by atoms with van der Waals surface area (Å²) >= 11 is 3.53. The predicted molar refractivity (Wildman–Crippen MR) is 83.5 cm³/mol. The normalized spacial score (nSPS) is 26.8. The molecule has 1 aromatic rings. The van der Waals surface area contributed by atoms with Crippen LogP contribution in [0.4, 0.5) is 0 Å². The van der Waals surface area contributed by atoms with E-state index in [1.807, 2.05) is 6.07 Å². The van der Waals surface area contributed by atoms with Gasteiger partial charge in [0, 0.05) is 11.0 Å². The van der Waals surface area contributed by atoms with Gasteiger partial charge in [0.15, 0.2) is 0 Å². The van der Waals surface area contributed by atoms with E-state index in [2.05, 4.69) is 44.3 Å². The number of nitrogens with one attached hydrogen (secondary N) is 1. The maximum atomic E-state index is 12.7. The van der Waals surface area contributed by atoms with Crippen molar-refractivity contribution in [3.05, 3.63) is 34.3 Å². The first kappa shape index (κ1) is 14.1. The number of rotatable bonds is 2. The van der Waals surface area contributed by atoms with Gasteiger partial charge in [0.25, 0.3) is 0 Å². The lowest BCUT2D eigenvalue weighted by Crippen LogP contribution is -2.48. The Hall–Kier alpha value is -0.870. The smallest absolute Gasteiger partial charge is 0.240 e. The number of hydrogen-bond donors (Lipinski definition) is 1. The van der Waals surface area contributed by atoms with Crippen LogP contribution in [0.25, 0.3) is 0 Å². The molecule has 3 nitrogen and oxygen atoms in total. The summed E-state index contributed by atoms with van der Waals surface area (Å²) in [5.41, 5.74) is 1.25. The third-order valence-corrected chi connectivity index (χ3v) is 4.87. The van der Waals surface area contributed by atoms with E-state index in [1.54, 1.807) is 0 Å². The van der Waals surface area contributed by atoms with Gasteiger partial charge in [-0.1, -0.05) is 34.5 Å². The molecule has 2 heterocycles. The van der Waals surface area contributed by atoms with E-state index >= 15 is 0 Å². The SMILES string of the molecule is O=C([C@H]1CCCCN1)N1CCCC1c1cccc(Br)c1. The fraction of sp³-hybridized carbons (Fsp3) is 0.562. The Bertz CT molecular complexity index is 485. The minimum absolute atomic E-state index is 0.0384. The Morgan fingerprint density at radius 2 is 2.15 bits per heavy atom. The Morgan fingerprint density at radius 1 is 1.25 bits per heavy atom. The van der Waals surface area contributed by atoms with Crippen molar-refractivity contribution in [1.29, 1.82) is 0 Å². The summed E-state index contributed by atoms with van der Waals surface area (Å²) in [6, 6.07) is 8.66. The zero-order valence-corrected chi connectivity index (χ0v) is 13.2. The van der Waals surface area contributed by atoms with Crippen molar-refractivity contribution in [2.24, 2.45) is 0 Å². The first-order valence-corrected chi connectivity index (χ1v) is 8.34. The molecular formula is C16H21BrN2O. The fourth-order valence-corrected chi connectivity index (χ4v) is 3.77. The molecule has 2 aliphatic heterocycles. The van der Waals surface area contributed by atoms with Crippen molar-refractivity contribution in [1.82, 2.24) is 10.2 Å². The summed E-state index contributed by atoms with van der Waals surface area (Å²) in [7, 11) is 0. The molecular weight excluding hydrogens is 316 g/mol. The molecule has 4 heteroatoms. The van der Waals surface area contributed by atoms with E-state index in [1.165, 1.54) is 18.4 Å². The number of likely N-dealkylation sites (tertiary alicyclic amines) is 1. The quantitative estimate of drug-likeness (QED) is 0.898. The highest BCUT2D eigenvalue weighted by Crippen LogP contribution is 2.34. The number of benzene rings is 1. The molecule has 1 amide bonds. The maximum Gasteiger partial charge on any atom is 0.240 e. The Balaban J connectivity index is 1.76. The van der Waals surface area contributed by atoms with Gasteiger partial charge < -0.3 is 10.2 Å². The summed E-state index contributed by atoms with van der Waals surface area (Å²) in [4.78, 5) is 14.8. The molecule has 1 aromatic carbocycles. The van der Waals surface area contributed by atoms with Crippen LogP contribution in [0.5, 0.6) is 0 Å². The molecule has 3 rings (SSSR count). The van der Waals surface area contributed by atoms with Gasteiger partial charge in [-0.15, -0.1) is 0 Å². The second-order valence-corrected chi connectivity index (χ2v) is 6.66. The molecule has 0 bridgehead atoms. The van der Waals surface area contributed by atoms with Crippen LogP contribution < -0.4 is 5.32 Å². The highest BCUT2D eigenvalue weighted by atomic mass is 79.9. The number of carbonyl (C=O) groups excluding carboxylic acids is 1. The molecule has 2 fully saturated rings. The van der Waals surface area contributed by atoms with Gasteiger partial charge in [-0.05, 0) is 49.9 Å². The summed E-state index contributed by atoms with van der Waals surface area (Å²) in [6.07, 6.45) is 5.53.